The van der Waals surface area contributed by atoms with Crippen LogP contribution in [0.2, 0.25) is 0 Å². The van der Waals surface area contributed by atoms with E-state index in [4.69, 9.17) is 0 Å². The van der Waals surface area contributed by atoms with Crippen molar-refractivity contribution in [2.24, 2.45) is 0 Å². The van der Waals surface area contributed by atoms with Gasteiger partial charge in [0.05, 0.1) is 11.0 Å². The minimum Gasteiger partial charge on any atom is -0.313 e. The van der Waals surface area contributed by atoms with Crippen molar-refractivity contribution in [2.45, 2.75) is 42.9 Å². The van der Waals surface area contributed by atoms with Crippen LogP contribution in [-0.4, -0.2) is 32.0 Å². The number of halogens is 1. The summed E-state index contributed by atoms with van der Waals surface area (Å²) in [5, 5.41) is 3.30. The van der Waals surface area contributed by atoms with Gasteiger partial charge in [-0.1, -0.05) is 28.1 Å². The van der Waals surface area contributed by atoms with Crippen molar-refractivity contribution < 1.29 is 8.42 Å². The average Bonchev–Trinajstić information content (AvgIpc) is 2.69. The molecule has 3 rings (SSSR count). The molecule has 3 nitrogen and oxygen atoms in total. The molecule has 1 saturated carbocycles. The van der Waals surface area contributed by atoms with Gasteiger partial charge < -0.3 is 5.32 Å². The number of sulfone groups is 1. The molecule has 110 valence electrons. The maximum Gasteiger partial charge on any atom is 0.154 e. The Morgan fingerprint density at radius 3 is 2.50 bits per heavy atom. The van der Waals surface area contributed by atoms with Crippen molar-refractivity contribution in [1.82, 2.24) is 5.32 Å². The number of hydrogen-bond acceptors (Lipinski definition) is 3. The SMILES string of the molecule is O=S1(=O)CCCC1CNC1CC(c2ccc(Br)cc2)C1. The first-order chi connectivity index (χ1) is 9.54. The van der Waals surface area contributed by atoms with Gasteiger partial charge in [0.2, 0.25) is 0 Å². The van der Waals surface area contributed by atoms with Crippen LogP contribution in [0.1, 0.15) is 37.2 Å². The lowest BCUT2D eigenvalue weighted by atomic mass is 9.76. The van der Waals surface area contributed by atoms with Crippen LogP contribution < -0.4 is 5.32 Å². The molecule has 2 aliphatic rings. The maximum absolute atomic E-state index is 11.8. The smallest absolute Gasteiger partial charge is 0.154 e. The van der Waals surface area contributed by atoms with Crippen molar-refractivity contribution in [3.63, 3.8) is 0 Å². The van der Waals surface area contributed by atoms with Crippen molar-refractivity contribution in [2.75, 3.05) is 12.3 Å². The van der Waals surface area contributed by atoms with E-state index >= 15 is 0 Å². The highest BCUT2D eigenvalue weighted by Crippen LogP contribution is 2.37. The third-order valence-corrected chi connectivity index (χ3v) is 7.38. The van der Waals surface area contributed by atoms with Gasteiger partial charge in [-0.2, -0.15) is 0 Å². The first kappa shape index (κ1) is 14.5. The van der Waals surface area contributed by atoms with E-state index in [9.17, 15) is 8.42 Å². The summed E-state index contributed by atoms with van der Waals surface area (Å²) >= 11 is 3.45. The van der Waals surface area contributed by atoms with E-state index in [0.717, 1.165) is 30.2 Å². The Morgan fingerprint density at radius 2 is 1.90 bits per heavy atom. The summed E-state index contributed by atoms with van der Waals surface area (Å²) < 4.78 is 24.6. The van der Waals surface area contributed by atoms with E-state index in [1.54, 1.807) is 0 Å². The molecule has 1 aliphatic heterocycles. The molecule has 1 unspecified atom stereocenters. The summed E-state index contributed by atoms with van der Waals surface area (Å²) in [5.74, 6) is 1.01. The molecule has 1 atom stereocenters. The second-order valence-electron chi connectivity index (χ2n) is 5.96. The van der Waals surface area contributed by atoms with Gasteiger partial charge in [0.1, 0.15) is 0 Å². The number of hydrogen-bond donors (Lipinski definition) is 1. The molecule has 2 fully saturated rings. The highest BCUT2D eigenvalue weighted by molar-refractivity contribution is 9.10. The average molecular weight is 358 g/mol. The summed E-state index contributed by atoms with van der Waals surface area (Å²) in [6.45, 7) is 0.639. The summed E-state index contributed by atoms with van der Waals surface area (Å²) in [6, 6.07) is 9.00. The summed E-state index contributed by atoms with van der Waals surface area (Å²) in [5.41, 5.74) is 1.39. The van der Waals surface area contributed by atoms with Gasteiger partial charge in [-0.05, 0) is 49.3 Å². The molecule has 0 aromatic heterocycles. The second-order valence-corrected chi connectivity index (χ2v) is 9.27. The minimum atomic E-state index is -2.81. The van der Waals surface area contributed by atoms with E-state index in [0.29, 0.717) is 24.3 Å². The molecule has 5 heteroatoms. The molecule has 20 heavy (non-hydrogen) atoms. The van der Waals surface area contributed by atoms with Crippen molar-refractivity contribution in [1.29, 1.82) is 0 Å². The third-order valence-electron chi connectivity index (χ3n) is 4.58. The molecular weight excluding hydrogens is 338 g/mol. The fourth-order valence-electron chi connectivity index (χ4n) is 3.18. The van der Waals surface area contributed by atoms with Crippen molar-refractivity contribution >= 4 is 25.8 Å². The zero-order chi connectivity index (χ0) is 14.2. The van der Waals surface area contributed by atoms with Gasteiger partial charge in [-0.3, -0.25) is 0 Å². The predicted molar refractivity (Wildman–Crippen MR) is 84.7 cm³/mol. The van der Waals surface area contributed by atoms with Gasteiger partial charge >= 0.3 is 0 Å². The van der Waals surface area contributed by atoms with Crippen LogP contribution >= 0.6 is 15.9 Å². The molecule has 1 aliphatic carbocycles. The standard InChI is InChI=1S/C15H20BrNO2S/c16-13-5-3-11(4-6-13)12-8-14(9-12)17-10-15-2-1-7-20(15,18)19/h3-6,12,14-15,17H,1-2,7-10H2. The van der Waals surface area contributed by atoms with Crippen LogP contribution in [0.25, 0.3) is 0 Å². The molecule has 1 saturated heterocycles. The Balaban J connectivity index is 1.46. The summed E-state index contributed by atoms with van der Waals surface area (Å²) in [4.78, 5) is 0. The molecule has 0 spiro atoms. The lowest BCUT2D eigenvalue weighted by molar-refractivity contribution is 0.291. The molecule has 1 aromatic carbocycles. The van der Waals surface area contributed by atoms with Gasteiger partial charge in [-0.25, -0.2) is 8.42 Å². The number of rotatable bonds is 4. The van der Waals surface area contributed by atoms with Crippen LogP contribution in [0.4, 0.5) is 0 Å². The number of benzene rings is 1. The second kappa shape index (κ2) is 5.78. The Kier molecular flexibility index (Phi) is 4.20. The molecule has 1 N–H and O–H groups in total. The Morgan fingerprint density at radius 1 is 1.20 bits per heavy atom. The van der Waals surface area contributed by atoms with Crippen molar-refractivity contribution in [3.8, 4) is 0 Å². The van der Waals surface area contributed by atoms with E-state index < -0.39 is 9.84 Å². The van der Waals surface area contributed by atoms with E-state index in [1.807, 2.05) is 0 Å². The van der Waals surface area contributed by atoms with Crippen LogP contribution in [0, 0.1) is 0 Å². The highest BCUT2D eigenvalue weighted by atomic mass is 79.9. The first-order valence-electron chi connectivity index (χ1n) is 7.25. The zero-order valence-electron chi connectivity index (χ0n) is 11.4. The lowest BCUT2D eigenvalue weighted by Gasteiger charge is -2.37. The van der Waals surface area contributed by atoms with Crippen LogP contribution in [-0.2, 0) is 9.84 Å². The minimum absolute atomic E-state index is 0.144. The lowest BCUT2D eigenvalue weighted by Crippen LogP contribution is -2.44. The van der Waals surface area contributed by atoms with Crippen LogP contribution in [0.15, 0.2) is 28.7 Å². The molecule has 1 heterocycles. The quantitative estimate of drug-likeness (QED) is 0.900. The fourth-order valence-corrected chi connectivity index (χ4v) is 5.22. The van der Waals surface area contributed by atoms with Crippen LogP contribution in [0.3, 0.4) is 0 Å². The number of nitrogens with one attached hydrogen (secondary N) is 1. The maximum atomic E-state index is 11.8. The Hall–Kier alpha value is -0.390. The predicted octanol–water partition coefficient (Wildman–Crippen LogP) is 2.86. The van der Waals surface area contributed by atoms with E-state index in [-0.39, 0.29) is 5.25 Å². The van der Waals surface area contributed by atoms with Gasteiger partial charge in [0.25, 0.3) is 0 Å². The Bertz CT molecular complexity index is 564. The normalized spacial score (nSPS) is 31.9. The molecule has 0 amide bonds. The Labute approximate surface area is 129 Å². The van der Waals surface area contributed by atoms with Gasteiger partial charge in [0.15, 0.2) is 9.84 Å². The first-order valence-corrected chi connectivity index (χ1v) is 9.76. The van der Waals surface area contributed by atoms with Crippen LogP contribution in [0.5, 0.6) is 0 Å². The van der Waals surface area contributed by atoms with Crippen molar-refractivity contribution in [3.05, 3.63) is 34.3 Å². The van der Waals surface area contributed by atoms with Gasteiger partial charge in [-0.15, -0.1) is 0 Å². The van der Waals surface area contributed by atoms with Gasteiger partial charge in [0, 0.05) is 17.1 Å². The zero-order valence-corrected chi connectivity index (χ0v) is 13.8. The molecule has 0 bridgehead atoms. The van der Waals surface area contributed by atoms with E-state index in [1.165, 1.54) is 5.56 Å². The largest absolute Gasteiger partial charge is 0.313 e. The highest BCUT2D eigenvalue weighted by Gasteiger charge is 2.34. The molecule has 1 aromatic rings. The van der Waals surface area contributed by atoms with E-state index in [2.05, 4.69) is 45.5 Å². The topological polar surface area (TPSA) is 46.2 Å². The molecular formula is C15H20BrNO2S. The summed E-state index contributed by atoms with van der Waals surface area (Å²) in [7, 11) is -2.81. The summed E-state index contributed by atoms with van der Waals surface area (Å²) in [6.07, 6.45) is 3.90. The monoisotopic (exact) mass is 357 g/mol. The fraction of sp³-hybridized carbons (Fsp3) is 0.600. The third kappa shape index (κ3) is 3.10. The molecule has 0 radical (unpaired) electrons.